The van der Waals surface area contributed by atoms with Crippen molar-refractivity contribution in [1.29, 1.82) is 0 Å². The van der Waals surface area contributed by atoms with Crippen LogP contribution in [0.4, 0.5) is 0 Å². The first-order chi connectivity index (χ1) is 7.06. The van der Waals surface area contributed by atoms with Gasteiger partial charge in [0.2, 0.25) is 5.91 Å². The first-order valence-corrected chi connectivity index (χ1v) is 4.85. The summed E-state index contributed by atoms with van der Waals surface area (Å²) in [5.74, 6) is -1.36. The van der Waals surface area contributed by atoms with Crippen LogP contribution >= 0.6 is 0 Å². The Morgan fingerprint density at radius 1 is 1.47 bits per heavy atom. The van der Waals surface area contributed by atoms with Crippen molar-refractivity contribution in [2.24, 2.45) is 0 Å². The molecular weight excluding hydrogens is 198 g/mol. The Morgan fingerprint density at radius 2 is 2.13 bits per heavy atom. The number of carboxylic acid groups (broad SMARTS) is 1. The van der Waals surface area contributed by atoms with Crippen LogP contribution in [0, 0.1) is 0 Å². The van der Waals surface area contributed by atoms with E-state index in [1.165, 1.54) is 0 Å². The third kappa shape index (κ3) is 8.96. The number of carboxylic acids is 1. The summed E-state index contributed by atoms with van der Waals surface area (Å²) in [5, 5.41) is 19.8. The van der Waals surface area contributed by atoms with Crippen LogP contribution < -0.4 is 5.32 Å². The predicted octanol–water partition coefficient (Wildman–Crippen LogP) is 0.294. The van der Waals surface area contributed by atoms with Gasteiger partial charge in [-0.25, -0.2) is 0 Å². The van der Waals surface area contributed by atoms with E-state index < -0.39 is 12.1 Å². The molecule has 0 aliphatic heterocycles. The predicted molar refractivity (Wildman–Crippen MR) is 55.3 cm³/mol. The fraction of sp³-hybridized carbons (Fsp3) is 0.600. The van der Waals surface area contributed by atoms with E-state index in [0.717, 1.165) is 0 Å². The molecule has 86 valence electrons. The summed E-state index contributed by atoms with van der Waals surface area (Å²) in [5.41, 5.74) is 0. The molecule has 3 N–H and O–H groups in total. The topological polar surface area (TPSA) is 86.6 Å². The summed E-state index contributed by atoms with van der Waals surface area (Å²) in [7, 11) is 0. The normalized spacial score (nSPS) is 12.7. The maximum Gasteiger partial charge on any atom is 0.322 e. The standard InChI is InChI=1S/C10H17NO4/c1-2-4-8(12)5-3-6-9(13)11-7-10(14)15/h2,4,8,12H,3,5-7H2,1H3,(H,11,13)(H,14,15)/b4-2+. The minimum absolute atomic E-state index is 0.238. The fourth-order valence-electron chi connectivity index (χ4n) is 1.05. The van der Waals surface area contributed by atoms with Crippen molar-refractivity contribution in [3.63, 3.8) is 0 Å². The summed E-state index contributed by atoms with van der Waals surface area (Å²) < 4.78 is 0. The number of nitrogens with one attached hydrogen (secondary N) is 1. The molecule has 1 atom stereocenters. The molecule has 0 radical (unpaired) electrons. The molecule has 0 heterocycles. The zero-order chi connectivity index (χ0) is 11.7. The van der Waals surface area contributed by atoms with Crippen molar-refractivity contribution in [2.45, 2.75) is 32.3 Å². The van der Waals surface area contributed by atoms with E-state index in [1.54, 1.807) is 12.2 Å². The Morgan fingerprint density at radius 3 is 2.67 bits per heavy atom. The summed E-state index contributed by atoms with van der Waals surface area (Å²) >= 11 is 0. The number of allylic oxidation sites excluding steroid dienone is 1. The van der Waals surface area contributed by atoms with E-state index in [2.05, 4.69) is 5.32 Å². The lowest BCUT2D eigenvalue weighted by atomic mass is 10.1. The molecule has 0 saturated heterocycles. The largest absolute Gasteiger partial charge is 0.480 e. The van der Waals surface area contributed by atoms with Crippen LogP contribution in [0.5, 0.6) is 0 Å². The molecule has 0 aromatic heterocycles. The highest BCUT2D eigenvalue weighted by Crippen LogP contribution is 2.01. The molecule has 0 saturated carbocycles. The third-order valence-electron chi connectivity index (χ3n) is 1.76. The summed E-state index contributed by atoms with van der Waals surface area (Å²) in [6.45, 7) is 1.46. The van der Waals surface area contributed by atoms with Gasteiger partial charge in [-0.2, -0.15) is 0 Å². The molecule has 15 heavy (non-hydrogen) atoms. The van der Waals surface area contributed by atoms with E-state index in [1.807, 2.05) is 6.92 Å². The van der Waals surface area contributed by atoms with Gasteiger partial charge in [-0.1, -0.05) is 12.2 Å². The summed E-state index contributed by atoms with van der Waals surface area (Å²) in [6, 6.07) is 0. The number of aliphatic hydroxyl groups is 1. The molecule has 0 aliphatic carbocycles. The van der Waals surface area contributed by atoms with Crippen LogP contribution in [0.25, 0.3) is 0 Å². The van der Waals surface area contributed by atoms with Gasteiger partial charge in [-0.3, -0.25) is 9.59 Å². The Kier molecular flexibility index (Phi) is 7.27. The van der Waals surface area contributed by atoms with E-state index >= 15 is 0 Å². The number of aliphatic hydroxyl groups excluding tert-OH is 1. The Hall–Kier alpha value is -1.36. The Labute approximate surface area is 88.8 Å². The number of hydrogen-bond donors (Lipinski definition) is 3. The van der Waals surface area contributed by atoms with Crippen molar-refractivity contribution in [2.75, 3.05) is 6.54 Å². The van der Waals surface area contributed by atoms with E-state index in [4.69, 9.17) is 5.11 Å². The van der Waals surface area contributed by atoms with Crippen LogP contribution in [0.2, 0.25) is 0 Å². The van der Waals surface area contributed by atoms with Crippen LogP contribution in [0.1, 0.15) is 26.2 Å². The van der Waals surface area contributed by atoms with Crippen LogP contribution in [-0.2, 0) is 9.59 Å². The minimum atomic E-state index is -1.06. The second-order valence-electron chi connectivity index (χ2n) is 3.16. The molecule has 5 nitrogen and oxygen atoms in total. The van der Waals surface area contributed by atoms with Gasteiger partial charge in [-0.15, -0.1) is 0 Å². The lowest BCUT2D eigenvalue weighted by Gasteiger charge is -2.05. The van der Waals surface area contributed by atoms with Crippen molar-refractivity contribution in [3.8, 4) is 0 Å². The molecule has 0 aromatic carbocycles. The molecule has 0 bridgehead atoms. The first kappa shape index (κ1) is 13.6. The van der Waals surface area contributed by atoms with Crippen molar-refractivity contribution in [1.82, 2.24) is 5.32 Å². The number of aliphatic carboxylic acids is 1. The molecular formula is C10H17NO4. The second kappa shape index (κ2) is 7.99. The Bertz CT molecular complexity index is 238. The van der Waals surface area contributed by atoms with Gasteiger partial charge < -0.3 is 15.5 Å². The van der Waals surface area contributed by atoms with Crippen molar-refractivity contribution >= 4 is 11.9 Å². The van der Waals surface area contributed by atoms with E-state index in [-0.39, 0.29) is 18.9 Å². The van der Waals surface area contributed by atoms with E-state index in [0.29, 0.717) is 12.8 Å². The van der Waals surface area contributed by atoms with Crippen molar-refractivity contribution in [3.05, 3.63) is 12.2 Å². The second-order valence-corrected chi connectivity index (χ2v) is 3.16. The lowest BCUT2D eigenvalue weighted by molar-refractivity contribution is -0.137. The number of carbonyl (C=O) groups excluding carboxylic acids is 1. The molecule has 0 rings (SSSR count). The number of carbonyl (C=O) groups is 2. The fourth-order valence-corrected chi connectivity index (χ4v) is 1.05. The number of hydrogen-bond acceptors (Lipinski definition) is 3. The number of rotatable bonds is 7. The molecule has 0 aliphatic rings. The molecule has 5 heteroatoms. The van der Waals surface area contributed by atoms with Gasteiger partial charge in [0.25, 0.3) is 0 Å². The van der Waals surface area contributed by atoms with Gasteiger partial charge in [0.1, 0.15) is 6.54 Å². The first-order valence-electron chi connectivity index (χ1n) is 4.85. The Balaban J connectivity index is 3.50. The van der Waals surface area contributed by atoms with Crippen LogP contribution in [0.3, 0.4) is 0 Å². The summed E-state index contributed by atoms with van der Waals surface area (Å²) in [6.07, 6.45) is 4.15. The van der Waals surface area contributed by atoms with Crippen LogP contribution in [0.15, 0.2) is 12.2 Å². The maximum atomic E-state index is 11.0. The zero-order valence-corrected chi connectivity index (χ0v) is 8.77. The lowest BCUT2D eigenvalue weighted by Crippen LogP contribution is -2.29. The monoisotopic (exact) mass is 215 g/mol. The van der Waals surface area contributed by atoms with Gasteiger partial charge in [0.05, 0.1) is 6.10 Å². The smallest absolute Gasteiger partial charge is 0.322 e. The average molecular weight is 215 g/mol. The minimum Gasteiger partial charge on any atom is -0.480 e. The molecule has 0 fully saturated rings. The summed E-state index contributed by atoms with van der Waals surface area (Å²) in [4.78, 5) is 21.1. The van der Waals surface area contributed by atoms with Gasteiger partial charge in [-0.05, 0) is 19.8 Å². The highest BCUT2D eigenvalue weighted by Gasteiger charge is 2.05. The quantitative estimate of drug-likeness (QED) is 0.533. The number of amides is 1. The highest BCUT2D eigenvalue weighted by molar-refractivity contribution is 5.80. The average Bonchev–Trinajstić information content (AvgIpc) is 2.15. The zero-order valence-electron chi connectivity index (χ0n) is 8.77. The van der Waals surface area contributed by atoms with Crippen LogP contribution in [-0.4, -0.2) is 34.7 Å². The van der Waals surface area contributed by atoms with Crippen molar-refractivity contribution < 1.29 is 19.8 Å². The van der Waals surface area contributed by atoms with Gasteiger partial charge >= 0.3 is 5.97 Å². The highest BCUT2D eigenvalue weighted by atomic mass is 16.4. The third-order valence-corrected chi connectivity index (χ3v) is 1.76. The molecule has 1 unspecified atom stereocenters. The SMILES string of the molecule is C/C=C/C(O)CCCC(=O)NCC(=O)O. The molecule has 1 amide bonds. The molecule has 0 aromatic rings. The molecule has 0 spiro atoms. The van der Waals surface area contributed by atoms with Gasteiger partial charge in [0.15, 0.2) is 0 Å². The maximum absolute atomic E-state index is 11.0. The van der Waals surface area contributed by atoms with Gasteiger partial charge in [0, 0.05) is 6.42 Å². The van der Waals surface area contributed by atoms with E-state index in [9.17, 15) is 14.7 Å².